The number of aldehydes is 1. The summed E-state index contributed by atoms with van der Waals surface area (Å²) in [7, 11) is 0. The summed E-state index contributed by atoms with van der Waals surface area (Å²) in [5, 5.41) is 21.2. The second-order valence-electron chi connectivity index (χ2n) is 9.10. The van der Waals surface area contributed by atoms with E-state index in [1.807, 2.05) is 6.08 Å². The van der Waals surface area contributed by atoms with Gasteiger partial charge in [-0.3, -0.25) is 9.59 Å². The smallest absolute Gasteiger partial charge is 0.184 e. The van der Waals surface area contributed by atoms with Crippen LogP contribution in [0.1, 0.15) is 58.8 Å². The van der Waals surface area contributed by atoms with Crippen LogP contribution in [0, 0.1) is 28.6 Å². The van der Waals surface area contributed by atoms with E-state index in [0.717, 1.165) is 37.7 Å². The van der Waals surface area contributed by atoms with E-state index in [1.54, 1.807) is 0 Å². The van der Waals surface area contributed by atoms with Gasteiger partial charge in [-0.15, -0.1) is 0 Å². The number of ketones is 1. The molecule has 2 N–H and O–H groups in total. The third-order valence-electron chi connectivity index (χ3n) is 8.10. The molecule has 1 unspecified atom stereocenters. The summed E-state index contributed by atoms with van der Waals surface area (Å²) >= 11 is 0. The van der Waals surface area contributed by atoms with E-state index in [2.05, 4.69) is 13.8 Å². The van der Waals surface area contributed by atoms with Crippen LogP contribution in [0.25, 0.3) is 0 Å². The summed E-state index contributed by atoms with van der Waals surface area (Å²) < 4.78 is 0. The molecule has 4 heteroatoms. The first kappa shape index (κ1) is 17.0. The van der Waals surface area contributed by atoms with Crippen molar-refractivity contribution < 1.29 is 19.8 Å². The summed E-state index contributed by atoms with van der Waals surface area (Å²) in [4.78, 5) is 23.0. The summed E-state index contributed by atoms with van der Waals surface area (Å²) in [5.74, 6) is 1.07. The lowest BCUT2D eigenvalue weighted by Gasteiger charge is -2.59. The molecule has 0 aromatic heterocycles. The van der Waals surface area contributed by atoms with Crippen LogP contribution in [0.3, 0.4) is 0 Å². The Morgan fingerprint density at radius 2 is 1.96 bits per heavy atom. The first-order chi connectivity index (χ1) is 11.8. The maximum atomic E-state index is 11.9. The lowest BCUT2D eigenvalue weighted by molar-refractivity contribution is -0.124. The van der Waals surface area contributed by atoms with E-state index < -0.39 is 6.10 Å². The maximum Gasteiger partial charge on any atom is 0.184 e. The number of carbonyl (C=O) groups excluding carboxylic acids is 2. The number of allylic oxidation sites excluding steroid dienone is 3. The van der Waals surface area contributed by atoms with Gasteiger partial charge in [0.05, 0.1) is 6.10 Å². The molecule has 0 spiro atoms. The highest BCUT2D eigenvalue weighted by atomic mass is 16.3. The molecule has 4 rings (SSSR count). The Bertz CT molecular complexity index is 690. The Balaban J connectivity index is 1.75. The van der Waals surface area contributed by atoms with Gasteiger partial charge in [-0.1, -0.05) is 19.4 Å². The Labute approximate surface area is 149 Å². The number of aliphatic hydroxyl groups is 2. The predicted octanol–water partition coefficient (Wildman–Crippen LogP) is 3.50. The van der Waals surface area contributed by atoms with Crippen molar-refractivity contribution in [1.29, 1.82) is 0 Å². The van der Waals surface area contributed by atoms with Crippen molar-refractivity contribution in [2.24, 2.45) is 28.6 Å². The molecule has 4 aliphatic rings. The fraction of sp³-hybridized carbons (Fsp3) is 0.714. The second kappa shape index (κ2) is 5.54. The van der Waals surface area contributed by atoms with Gasteiger partial charge in [0.15, 0.2) is 17.8 Å². The van der Waals surface area contributed by atoms with Crippen LogP contribution in [0.15, 0.2) is 23.0 Å². The van der Waals surface area contributed by atoms with Gasteiger partial charge < -0.3 is 10.2 Å². The molecule has 6 atom stereocenters. The van der Waals surface area contributed by atoms with Crippen LogP contribution in [0.4, 0.5) is 0 Å². The molecule has 0 radical (unpaired) electrons. The van der Waals surface area contributed by atoms with Crippen molar-refractivity contribution in [1.82, 2.24) is 0 Å². The van der Waals surface area contributed by atoms with Gasteiger partial charge in [0, 0.05) is 6.42 Å². The minimum atomic E-state index is -0.458. The van der Waals surface area contributed by atoms with Crippen LogP contribution in [0.2, 0.25) is 0 Å². The first-order valence-electron chi connectivity index (χ1n) is 9.61. The highest BCUT2D eigenvalue weighted by Gasteiger charge is 2.61. The molecule has 0 aromatic carbocycles. The van der Waals surface area contributed by atoms with Gasteiger partial charge in [-0.25, -0.2) is 0 Å². The lowest BCUT2D eigenvalue weighted by Crippen LogP contribution is -2.55. The number of hydrogen-bond donors (Lipinski definition) is 2. The van der Waals surface area contributed by atoms with Crippen molar-refractivity contribution in [2.75, 3.05) is 0 Å². The van der Waals surface area contributed by atoms with Crippen LogP contribution in [-0.4, -0.2) is 28.4 Å². The average Bonchev–Trinajstić information content (AvgIpc) is 2.91. The molecule has 0 aliphatic heterocycles. The first-order valence-corrected chi connectivity index (χ1v) is 9.61. The normalized spacial score (nSPS) is 48.1. The van der Waals surface area contributed by atoms with Crippen LogP contribution < -0.4 is 0 Å². The zero-order valence-corrected chi connectivity index (χ0v) is 15.1. The predicted molar refractivity (Wildman–Crippen MR) is 93.8 cm³/mol. The Morgan fingerprint density at radius 1 is 1.20 bits per heavy atom. The van der Waals surface area contributed by atoms with E-state index >= 15 is 0 Å². The Kier molecular flexibility index (Phi) is 3.77. The van der Waals surface area contributed by atoms with Crippen molar-refractivity contribution in [3.8, 4) is 0 Å². The number of aliphatic hydroxyl groups excluding tert-OH is 2. The number of fused-ring (bicyclic) bond motifs is 5. The monoisotopic (exact) mass is 344 g/mol. The molecule has 4 aliphatic carbocycles. The molecule has 0 bridgehead atoms. The SMILES string of the molecule is C[C@]12CCC(=O)C=C1CC[C@@H]1[C@@H]2C(O)C[C@]2(C)/C(=C(\O)C=O)CC[C@@H]12. The van der Waals surface area contributed by atoms with E-state index in [9.17, 15) is 19.8 Å². The number of carbonyl (C=O) groups is 2. The lowest BCUT2D eigenvalue weighted by atomic mass is 9.46. The standard InChI is InChI=1S/C21H28O4/c1-20-8-7-13(23)9-12(20)3-4-14-15-5-6-16(18(25)11-22)21(15,2)10-17(24)19(14)20/h9,11,14-15,17,19,24-25H,3-8,10H2,1-2H3/b18-16-/t14-,15-,17?,19+,20-,21-/m0/s1. The van der Waals surface area contributed by atoms with Crippen LogP contribution in [-0.2, 0) is 9.59 Å². The molecular weight excluding hydrogens is 316 g/mol. The zero-order chi connectivity index (χ0) is 18.0. The topological polar surface area (TPSA) is 74.6 Å². The van der Waals surface area contributed by atoms with Crippen molar-refractivity contribution in [2.45, 2.75) is 64.9 Å². The van der Waals surface area contributed by atoms with Crippen molar-refractivity contribution in [3.05, 3.63) is 23.0 Å². The minimum Gasteiger partial charge on any atom is -0.505 e. The molecule has 0 amide bonds. The van der Waals surface area contributed by atoms with E-state index in [1.165, 1.54) is 5.57 Å². The molecule has 4 nitrogen and oxygen atoms in total. The van der Waals surface area contributed by atoms with E-state index in [4.69, 9.17) is 0 Å². The van der Waals surface area contributed by atoms with Crippen molar-refractivity contribution >= 4 is 12.1 Å². The fourth-order valence-corrected chi connectivity index (χ4v) is 6.99. The molecule has 25 heavy (non-hydrogen) atoms. The largest absolute Gasteiger partial charge is 0.505 e. The molecule has 0 aromatic rings. The average molecular weight is 344 g/mol. The van der Waals surface area contributed by atoms with Gasteiger partial charge >= 0.3 is 0 Å². The molecule has 0 saturated heterocycles. The van der Waals surface area contributed by atoms with Crippen LogP contribution in [0.5, 0.6) is 0 Å². The summed E-state index contributed by atoms with van der Waals surface area (Å²) in [5.41, 5.74) is 1.71. The summed E-state index contributed by atoms with van der Waals surface area (Å²) in [6.45, 7) is 4.36. The van der Waals surface area contributed by atoms with E-state index in [-0.39, 0.29) is 28.3 Å². The molecule has 136 valence electrons. The maximum absolute atomic E-state index is 11.9. The molecule has 3 fully saturated rings. The summed E-state index contributed by atoms with van der Waals surface area (Å²) in [6, 6.07) is 0. The highest BCUT2D eigenvalue weighted by Crippen LogP contribution is 2.66. The second-order valence-corrected chi connectivity index (χ2v) is 9.10. The minimum absolute atomic E-state index is 0.0866. The Hall–Kier alpha value is -1.42. The third-order valence-corrected chi connectivity index (χ3v) is 8.10. The van der Waals surface area contributed by atoms with Gasteiger partial charge in [0.2, 0.25) is 0 Å². The quantitative estimate of drug-likeness (QED) is 0.434. The van der Waals surface area contributed by atoms with E-state index in [0.29, 0.717) is 31.0 Å². The van der Waals surface area contributed by atoms with Gasteiger partial charge in [-0.05, 0) is 78.8 Å². The number of rotatable bonds is 1. The Morgan fingerprint density at radius 3 is 2.68 bits per heavy atom. The molecule has 0 heterocycles. The zero-order valence-electron chi connectivity index (χ0n) is 15.1. The van der Waals surface area contributed by atoms with Gasteiger partial charge in [0.25, 0.3) is 0 Å². The third kappa shape index (κ3) is 2.22. The van der Waals surface area contributed by atoms with Gasteiger partial charge in [-0.2, -0.15) is 0 Å². The highest BCUT2D eigenvalue weighted by molar-refractivity contribution is 5.91. The van der Waals surface area contributed by atoms with Crippen molar-refractivity contribution in [3.63, 3.8) is 0 Å². The summed E-state index contributed by atoms with van der Waals surface area (Å²) in [6.07, 6.45) is 7.61. The number of hydrogen-bond acceptors (Lipinski definition) is 4. The molecule has 3 saturated carbocycles. The molecular formula is C21H28O4. The fourth-order valence-electron chi connectivity index (χ4n) is 6.99. The van der Waals surface area contributed by atoms with Crippen LogP contribution >= 0.6 is 0 Å². The van der Waals surface area contributed by atoms with Gasteiger partial charge in [0.1, 0.15) is 0 Å².